The van der Waals surface area contributed by atoms with Crippen LogP contribution in [0.5, 0.6) is 0 Å². The maximum absolute atomic E-state index is 12.3. The van der Waals surface area contributed by atoms with E-state index in [9.17, 15) is 4.79 Å². The molecule has 3 heterocycles. The lowest BCUT2D eigenvalue weighted by Crippen LogP contribution is -2.36. The number of aromatic nitrogens is 4. The van der Waals surface area contributed by atoms with Gasteiger partial charge in [-0.05, 0) is 6.92 Å². The summed E-state index contributed by atoms with van der Waals surface area (Å²) in [7, 11) is 0. The fourth-order valence-corrected chi connectivity index (χ4v) is 3.91. The Morgan fingerprint density at radius 3 is 3.00 bits per heavy atom. The number of hydrogen-bond acceptors (Lipinski definition) is 8. The highest BCUT2D eigenvalue weighted by atomic mass is 32.2. The van der Waals surface area contributed by atoms with E-state index in [1.165, 1.54) is 23.1 Å². The van der Waals surface area contributed by atoms with Gasteiger partial charge >= 0.3 is 0 Å². The first-order valence-electron chi connectivity index (χ1n) is 8.37. The average Bonchev–Trinajstić information content (AvgIpc) is 3.28. The second-order valence-corrected chi connectivity index (χ2v) is 7.98. The molecule has 0 saturated carbocycles. The Bertz CT molecular complexity index is 727. The molecule has 2 aromatic rings. The van der Waals surface area contributed by atoms with Gasteiger partial charge in [-0.3, -0.25) is 9.69 Å². The van der Waals surface area contributed by atoms with Crippen molar-refractivity contribution < 1.29 is 9.53 Å². The second kappa shape index (κ2) is 9.26. The van der Waals surface area contributed by atoms with Crippen LogP contribution in [0.15, 0.2) is 29.4 Å². The normalized spacial score (nSPS) is 16.3. The quantitative estimate of drug-likeness (QED) is 0.540. The molecule has 1 atom stereocenters. The van der Waals surface area contributed by atoms with Crippen molar-refractivity contribution in [1.82, 2.24) is 24.6 Å². The maximum Gasteiger partial charge on any atom is 0.239 e. The lowest BCUT2D eigenvalue weighted by Gasteiger charge is -2.26. The minimum atomic E-state index is -0.317. The Hall–Kier alpha value is -1.75. The molecule has 0 unspecified atom stereocenters. The summed E-state index contributed by atoms with van der Waals surface area (Å²) < 4.78 is 7.40. The molecular weight excluding hydrogens is 372 g/mol. The summed E-state index contributed by atoms with van der Waals surface area (Å²) in [6, 6.07) is 0. The van der Waals surface area contributed by atoms with Crippen LogP contribution in [-0.4, -0.2) is 62.1 Å². The molecule has 8 nitrogen and oxygen atoms in total. The van der Waals surface area contributed by atoms with Crippen molar-refractivity contribution in [2.24, 2.45) is 0 Å². The molecule has 1 aliphatic rings. The van der Waals surface area contributed by atoms with Gasteiger partial charge in [0, 0.05) is 31.2 Å². The highest BCUT2D eigenvalue weighted by Gasteiger charge is 2.22. The summed E-state index contributed by atoms with van der Waals surface area (Å²) in [4.78, 5) is 18.7. The summed E-state index contributed by atoms with van der Waals surface area (Å²) >= 11 is 2.78. The van der Waals surface area contributed by atoms with Crippen LogP contribution < -0.4 is 5.32 Å². The van der Waals surface area contributed by atoms with E-state index in [4.69, 9.17) is 4.74 Å². The van der Waals surface area contributed by atoms with Crippen molar-refractivity contribution in [2.75, 3.05) is 31.6 Å². The molecule has 1 aliphatic heterocycles. The zero-order chi connectivity index (χ0) is 18.4. The topological polar surface area (TPSA) is 85.2 Å². The van der Waals surface area contributed by atoms with Crippen LogP contribution in [0.3, 0.4) is 0 Å². The number of hydrogen-bond donors (Lipinski definition) is 1. The van der Waals surface area contributed by atoms with E-state index < -0.39 is 0 Å². The number of nitrogens with zero attached hydrogens (tertiary/aromatic N) is 5. The monoisotopic (exact) mass is 394 g/mol. The average molecular weight is 395 g/mol. The number of morpholine rings is 1. The van der Waals surface area contributed by atoms with Gasteiger partial charge in [0.15, 0.2) is 10.3 Å². The third-order valence-corrected chi connectivity index (χ3v) is 5.66. The molecule has 140 valence electrons. The number of nitrogens with one attached hydrogen (secondary N) is 1. The predicted molar refractivity (Wildman–Crippen MR) is 102 cm³/mol. The van der Waals surface area contributed by atoms with E-state index in [1.54, 1.807) is 6.20 Å². The van der Waals surface area contributed by atoms with Crippen LogP contribution in [0.2, 0.25) is 0 Å². The van der Waals surface area contributed by atoms with E-state index in [2.05, 4.69) is 32.0 Å². The largest absolute Gasteiger partial charge is 0.379 e. The van der Waals surface area contributed by atoms with Crippen LogP contribution in [0.25, 0.3) is 0 Å². The highest BCUT2D eigenvalue weighted by molar-refractivity contribution is 8.00. The van der Waals surface area contributed by atoms with Crippen molar-refractivity contribution in [3.63, 3.8) is 0 Å². The van der Waals surface area contributed by atoms with Gasteiger partial charge < -0.3 is 14.6 Å². The van der Waals surface area contributed by atoms with Crippen LogP contribution in [0, 0.1) is 0 Å². The minimum Gasteiger partial charge on any atom is -0.379 e. The zero-order valence-electron chi connectivity index (χ0n) is 14.6. The van der Waals surface area contributed by atoms with E-state index in [0.717, 1.165) is 37.3 Å². The summed E-state index contributed by atoms with van der Waals surface area (Å²) in [6.07, 6.45) is 3.48. The van der Waals surface area contributed by atoms with Crippen LogP contribution in [0.4, 0.5) is 5.13 Å². The number of carbonyl (C=O) groups is 1. The lowest BCUT2D eigenvalue weighted by molar-refractivity contribution is -0.115. The molecule has 0 aromatic carbocycles. The summed E-state index contributed by atoms with van der Waals surface area (Å²) in [5, 5.41) is 14.3. The van der Waals surface area contributed by atoms with Crippen molar-refractivity contribution in [3.8, 4) is 0 Å². The van der Waals surface area contributed by atoms with Crippen molar-refractivity contribution >= 4 is 34.1 Å². The van der Waals surface area contributed by atoms with E-state index >= 15 is 0 Å². The standard InChI is InChI=1S/C16H22N6O2S2/c1-3-5-22-13(11-21-6-8-24-9-7-21)19-20-16(22)26-12(2)14(23)18-15-17-4-10-25-15/h3-4,10,12H,1,5-9,11H2,2H3,(H,17,18,23)/t12-/m1/s1. The van der Waals surface area contributed by atoms with E-state index in [1.807, 2.05) is 22.9 Å². The Balaban J connectivity index is 1.66. The van der Waals surface area contributed by atoms with Crippen molar-refractivity contribution in [2.45, 2.75) is 30.4 Å². The van der Waals surface area contributed by atoms with Gasteiger partial charge in [-0.1, -0.05) is 17.8 Å². The Kier molecular flexibility index (Phi) is 6.78. The number of ether oxygens (including phenoxy) is 1. The summed E-state index contributed by atoms with van der Waals surface area (Å²) in [5.74, 6) is 0.773. The van der Waals surface area contributed by atoms with Crippen LogP contribution in [0.1, 0.15) is 12.7 Å². The minimum absolute atomic E-state index is 0.104. The molecule has 0 bridgehead atoms. The van der Waals surface area contributed by atoms with Gasteiger partial charge in [0.05, 0.1) is 25.0 Å². The molecule has 0 radical (unpaired) electrons. The van der Waals surface area contributed by atoms with E-state index in [0.29, 0.717) is 18.2 Å². The maximum atomic E-state index is 12.3. The Labute approximate surface area is 160 Å². The summed E-state index contributed by atoms with van der Waals surface area (Å²) in [5.41, 5.74) is 0. The first-order valence-corrected chi connectivity index (χ1v) is 10.1. The number of amides is 1. The summed E-state index contributed by atoms with van der Waals surface area (Å²) in [6.45, 7) is 10.2. The van der Waals surface area contributed by atoms with Gasteiger partial charge in [-0.2, -0.15) is 0 Å². The van der Waals surface area contributed by atoms with Gasteiger partial charge in [-0.15, -0.1) is 28.1 Å². The number of allylic oxidation sites excluding steroid dienone is 1. The fraction of sp³-hybridized carbons (Fsp3) is 0.500. The second-order valence-electron chi connectivity index (χ2n) is 5.77. The number of thiazole rings is 1. The molecule has 1 N–H and O–H groups in total. The third kappa shape index (κ3) is 4.91. The molecule has 1 fully saturated rings. The van der Waals surface area contributed by atoms with Gasteiger partial charge in [0.25, 0.3) is 0 Å². The van der Waals surface area contributed by atoms with Crippen LogP contribution >= 0.6 is 23.1 Å². The molecule has 0 spiro atoms. The smallest absolute Gasteiger partial charge is 0.239 e. The number of thioether (sulfide) groups is 1. The van der Waals surface area contributed by atoms with E-state index in [-0.39, 0.29) is 11.2 Å². The fourth-order valence-electron chi connectivity index (χ4n) is 2.50. The number of rotatable bonds is 8. The molecule has 1 saturated heterocycles. The molecule has 1 amide bonds. The zero-order valence-corrected chi connectivity index (χ0v) is 16.3. The molecule has 10 heteroatoms. The Morgan fingerprint density at radius 2 is 2.31 bits per heavy atom. The molecule has 26 heavy (non-hydrogen) atoms. The first-order chi connectivity index (χ1) is 12.7. The SMILES string of the molecule is C=CCn1c(CN2CCOCC2)nnc1S[C@H](C)C(=O)Nc1nccs1. The first kappa shape index (κ1) is 19.0. The van der Waals surface area contributed by atoms with Gasteiger partial charge in [0.1, 0.15) is 5.82 Å². The lowest BCUT2D eigenvalue weighted by atomic mass is 10.4. The highest BCUT2D eigenvalue weighted by Crippen LogP contribution is 2.24. The van der Waals surface area contributed by atoms with Crippen molar-refractivity contribution in [3.05, 3.63) is 30.1 Å². The van der Waals surface area contributed by atoms with Gasteiger partial charge in [-0.25, -0.2) is 4.98 Å². The Morgan fingerprint density at radius 1 is 1.50 bits per heavy atom. The van der Waals surface area contributed by atoms with Crippen molar-refractivity contribution in [1.29, 1.82) is 0 Å². The molecule has 0 aliphatic carbocycles. The number of carbonyl (C=O) groups excluding carboxylic acids is 1. The van der Waals surface area contributed by atoms with Crippen LogP contribution in [-0.2, 0) is 22.6 Å². The molecule has 2 aromatic heterocycles. The van der Waals surface area contributed by atoms with Gasteiger partial charge in [0.2, 0.25) is 5.91 Å². The number of anilines is 1. The predicted octanol–water partition coefficient (Wildman–Crippen LogP) is 1.87. The third-order valence-electron chi connectivity index (χ3n) is 3.89. The molecule has 3 rings (SSSR count). The molecular formula is C16H22N6O2S2.